The number of anilines is 1. The summed E-state index contributed by atoms with van der Waals surface area (Å²) < 4.78 is 5.73. The zero-order chi connectivity index (χ0) is 12.4. The van der Waals surface area contributed by atoms with Crippen molar-refractivity contribution in [2.75, 3.05) is 32.0 Å². The average Bonchev–Trinajstić information content (AvgIpc) is 3.10. The molecule has 0 aromatic heterocycles. The average molecular weight is 243 g/mol. The number of ether oxygens (including phenoxy) is 1. The van der Waals surface area contributed by atoms with Crippen LogP contribution in [0.3, 0.4) is 0 Å². The van der Waals surface area contributed by atoms with E-state index in [1.165, 1.54) is 12.8 Å². The molecule has 0 amide bonds. The number of likely N-dealkylation sites (tertiary alicyclic amines) is 1. The van der Waals surface area contributed by atoms with E-state index in [1.807, 2.05) is 24.3 Å². The first-order valence-corrected chi connectivity index (χ1v) is 6.59. The van der Waals surface area contributed by atoms with Gasteiger partial charge in [0.1, 0.15) is 12.4 Å². The van der Waals surface area contributed by atoms with Gasteiger partial charge in [-0.25, -0.2) is 0 Å². The Morgan fingerprint density at radius 2 is 1.94 bits per heavy atom. The van der Waals surface area contributed by atoms with Gasteiger partial charge >= 0.3 is 0 Å². The van der Waals surface area contributed by atoms with Crippen LogP contribution in [0.2, 0.25) is 0 Å². The van der Waals surface area contributed by atoms with Gasteiger partial charge in [0.2, 0.25) is 0 Å². The second kappa shape index (κ2) is 5.02. The topological polar surface area (TPSA) is 38.5 Å². The Hall–Kier alpha value is -1.48. The summed E-state index contributed by atoms with van der Waals surface area (Å²) in [6.45, 7) is 4.05. The number of rotatable bonds is 4. The van der Waals surface area contributed by atoms with Gasteiger partial charge in [0.15, 0.2) is 0 Å². The highest BCUT2D eigenvalue weighted by molar-refractivity contribution is 5.50. The quantitative estimate of drug-likeness (QED) is 0.824. The van der Waals surface area contributed by atoms with E-state index in [9.17, 15) is 0 Å². The van der Waals surface area contributed by atoms with E-state index < -0.39 is 0 Å². The first kappa shape index (κ1) is 11.6. The van der Waals surface area contributed by atoms with Gasteiger partial charge < -0.3 is 10.5 Å². The molecule has 1 heterocycles. The van der Waals surface area contributed by atoms with Crippen LogP contribution in [-0.2, 0) is 0 Å². The summed E-state index contributed by atoms with van der Waals surface area (Å²) >= 11 is 0. The van der Waals surface area contributed by atoms with E-state index in [0.29, 0.717) is 0 Å². The summed E-state index contributed by atoms with van der Waals surface area (Å²) in [6, 6.07) is 7.62. The smallest absolute Gasteiger partial charge is 0.121 e. The normalized spacial score (nSPS) is 19.3. The van der Waals surface area contributed by atoms with Gasteiger partial charge in [-0.15, -0.1) is 0 Å². The minimum absolute atomic E-state index is 0.734. The van der Waals surface area contributed by atoms with Crippen molar-refractivity contribution in [2.45, 2.75) is 12.8 Å². The first-order chi connectivity index (χ1) is 8.81. The molecule has 95 valence electrons. The van der Waals surface area contributed by atoms with Gasteiger partial charge in [0, 0.05) is 37.8 Å². The fourth-order valence-electron chi connectivity index (χ4n) is 2.43. The van der Waals surface area contributed by atoms with Crippen molar-refractivity contribution in [1.29, 1.82) is 0 Å². The molecule has 0 saturated heterocycles. The second-order valence-corrected chi connectivity index (χ2v) is 4.96. The third kappa shape index (κ3) is 2.85. The molecule has 0 spiro atoms. The highest BCUT2D eigenvalue weighted by Gasteiger charge is 2.25. The lowest BCUT2D eigenvalue weighted by Gasteiger charge is -2.20. The maximum atomic E-state index is 5.73. The van der Waals surface area contributed by atoms with Crippen molar-refractivity contribution in [3.8, 4) is 5.75 Å². The Labute approximate surface area is 108 Å². The summed E-state index contributed by atoms with van der Waals surface area (Å²) in [5, 5.41) is 0. The molecule has 0 fully saturated rings. The van der Waals surface area contributed by atoms with E-state index >= 15 is 0 Å². The second-order valence-electron chi connectivity index (χ2n) is 4.96. The summed E-state index contributed by atoms with van der Waals surface area (Å²) in [6.07, 6.45) is 4.77. The van der Waals surface area contributed by atoms with Crippen LogP contribution in [0.4, 0.5) is 5.69 Å². The fourth-order valence-corrected chi connectivity index (χ4v) is 2.43. The van der Waals surface area contributed by atoms with Gasteiger partial charge in [-0.2, -0.15) is 0 Å². The Bertz CT molecular complexity index is 451. The summed E-state index contributed by atoms with van der Waals surface area (Å²) in [5.74, 6) is 0.866. The van der Waals surface area contributed by atoms with Crippen molar-refractivity contribution >= 4 is 5.69 Å². The molecular weight excluding hydrogens is 224 g/mol. The molecule has 0 bridgehead atoms. The maximum absolute atomic E-state index is 5.73. The maximum Gasteiger partial charge on any atom is 0.121 e. The van der Waals surface area contributed by atoms with Crippen LogP contribution >= 0.6 is 0 Å². The van der Waals surface area contributed by atoms with E-state index in [0.717, 1.165) is 37.7 Å². The van der Waals surface area contributed by atoms with Crippen molar-refractivity contribution in [2.24, 2.45) is 0 Å². The summed E-state index contributed by atoms with van der Waals surface area (Å²) in [7, 11) is 0. The van der Waals surface area contributed by atoms with Crippen LogP contribution in [-0.4, -0.2) is 31.1 Å². The predicted molar refractivity (Wildman–Crippen MR) is 73.3 cm³/mol. The van der Waals surface area contributed by atoms with E-state index in [4.69, 9.17) is 10.5 Å². The van der Waals surface area contributed by atoms with Gasteiger partial charge in [0.05, 0.1) is 0 Å². The van der Waals surface area contributed by atoms with Crippen molar-refractivity contribution in [3.05, 3.63) is 41.8 Å². The third-order valence-electron chi connectivity index (χ3n) is 3.61. The number of nitrogens with zero attached hydrogens (tertiary/aromatic N) is 1. The van der Waals surface area contributed by atoms with Crippen LogP contribution in [0.1, 0.15) is 12.8 Å². The van der Waals surface area contributed by atoms with Crippen LogP contribution < -0.4 is 10.5 Å². The monoisotopic (exact) mass is 243 g/mol. The largest absolute Gasteiger partial charge is 0.492 e. The molecule has 1 aliphatic heterocycles. The lowest BCUT2D eigenvalue weighted by molar-refractivity contribution is 0.214. The molecule has 3 heteroatoms. The van der Waals surface area contributed by atoms with Gasteiger partial charge in [-0.3, -0.25) is 4.90 Å². The molecular formula is C15H19N2O. The van der Waals surface area contributed by atoms with E-state index in [2.05, 4.69) is 11.3 Å². The lowest BCUT2D eigenvalue weighted by atomic mass is 10.3. The van der Waals surface area contributed by atoms with Crippen LogP contribution in [0.5, 0.6) is 5.75 Å². The van der Waals surface area contributed by atoms with E-state index in [1.54, 1.807) is 11.1 Å². The molecule has 1 aliphatic carbocycles. The molecule has 3 rings (SSSR count). The Balaban J connectivity index is 1.42. The third-order valence-corrected chi connectivity index (χ3v) is 3.61. The molecule has 1 aromatic rings. The Kier molecular flexibility index (Phi) is 3.24. The highest BCUT2D eigenvalue weighted by Crippen LogP contribution is 2.37. The molecule has 1 aromatic carbocycles. The molecule has 1 radical (unpaired) electrons. The van der Waals surface area contributed by atoms with Gasteiger partial charge in [-0.05, 0) is 25.0 Å². The van der Waals surface area contributed by atoms with Crippen LogP contribution in [0, 0.1) is 6.42 Å². The predicted octanol–water partition coefficient (Wildman–Crippen LogP) is 2.26. The number of nitrogen functional groups attached to an aromatic ring is 1. The highest BCUT2D eigenvalue weighted by atomic mass is 16.5. The van der Waals surface area contributed by atoms with Crippen molar-refractivity contribution < 1.29 is 4.74 Å². The van der Waals surface area contributed by atoms with Gasteiger partial charge in [0.25, 0.3) is 0 Å². The molecule has 18 heavy (non-hydrogen) atoms. The number of hydrogen-bond donors (Lipinski definition) is 1. The lowest BCUT2D eigenvalue weighted by Crippen LogP contribution is -2.30. The minimum atomic E-state index is 0.734. The molecule has 3 nitrogen and oxygen atoms in total. The molecule has 2 aliphatic rings. The number of benzene rings is 1. The standard InChI is InChI=1S/C15H19N2O/c16-14-2-1-3-15(11-14)18-9-8-17-6-4-12-10-13(12)5-7-17/h1-3,10-11H,4-9,16H2. The SMILES string of the molecule is Nc1cccc(OCCN2CCC3=C([CH]3)CC2)c1. The summed E-state index contributed by atoms with van der Waals surface area (Å²) in [4.78, 5) is 2.48. The number of hydrogen-bond acceptors (Lipinski definition) is 3. The molecule has 2 N–H and O–H groups in total. The zero-order valence-electron chi connectivity index (χ0n) is 10.6. The minimum Gasteiger partial charge on any atom is -0.492 e. The number of nitrogens with two attached hydrogens (primary N) is 1. The van der Waals surface area contributed by atoms with Crippen LogP contribution in [0.15, 0.2) is 35.4 Å². The Morgan fingerprint density at radius 3 is 2.67 bits per heavy atom. The summed E-state index contributed by atoms with van der Waals surface area (Å²) in [5.41, 5.74) is 9.65. The van der Waals surface area contributed by atoms with E-state index in [-0.39, 0.29) is 0 Å². The first-order valence-electron chi connectivity index (χ1n) is 6.59. The van der Waals surface area contributed by atoms with Gasteiger partial charge in [-0.1, -0.05) is 17.2 Å². The Morgan fingerprint density at radius 1 is 1.17 bits per heavy atom. The van der Waals surface area contributed by atoms with Crippen molar-refractivity contribution in [3.63, 3.8) is 0 Å². The van der Waals surface area contributed by atoms with Crippen LogP contribution in [0.25, 0.3) is 0 Å². The fraction of sp³-hybridized carbons (Fsp3) is 0.400. The van der Waals surface area contributed by atoms with Crippen molar-refractivity contribution in [1.82, 2.24) is 4.90 Å². The molecule has 0 atom stereocenters. The molecule has 0 unspecified atom stereocenters. The molecule has 0 saturated carbocycles. The zero-order valence-corrected chi connectivity index (χ0v) is 10.6.